The van der Waals surface area contributed by atoms with Crippen molar-refractivity contribution >= 4 is 10.1 Å². The minimum absolute atomic E-state index is 0. The molecule has 0 atom stereocenters. The van der Waals surface area contributed by atoms with E-state index in [4.69, 9.17) is 4.55 Å². The van der Waals surface area contributed by atoms with E-state index in [9.17, 15) is 96.9 Å². The Balaban J connectivity index is 0. The van der Waals surface area contributed by atoms with Gasteiger partial charge in [0.1, 0.15) is 0 Å². The molecule has 1 aromatic rings. The zero-order chi connectivity index (χ0) is 32.1. The molecule has 0 aliphatic rings. The van der Waals surface area contributed by atoms with Crippen molar-refractivity contribution in [3.05, 3.63) is 30.3 Å². The van der Waals surface area contributed by atoms with Crippen molar-refractivity contribution in [3.63, 3.8) is 0 Å². The van der Waals surface area contributed by atoms with Gasteiger partial charge in [0.2, 0.25) is 0 Å². The summed E-state index contributed by atoms with van der Waals surface area (Å²) in [7, 11) is -4.00. The molecule has 0 aliphatic heterocycles. The average Bonchev–Trinajstić information content (AvgIpc) is 2.71. The molecule has 0 heterocycles. The first kappa shape index (κ1) is 40.9. The molecule has 0 fully saturated rings. The van der Waals surface area contributed by atoms with Gasteiger partial charge >= 0.3 is 77.2 Å². The van der Waals surface area contributed by atoms with Crippen LogP contribution in [0, 0.1) is 0 Å². The summed E-state index contributed by atoms with van der Waals surface area (Å²) < 4.78 is 266. The van der Waals surface area contributed by atoms with Crippen molar-refractivity contribution in [2.75, 3.05) is 0 Å². The third-order valence-electron chi connectivity index (χ3n) is 4.13. The maximum Gasteiger partial charge on any atom is 1.00 e. The third-order valence-corrected chi connectivity index (χ3v) is 5.00. The molecule has 0 amide bonds. The Labute approximate surface area is 230 Å². The molecule has 1 rings (SSSR count). The quantitative estimate of drug-likeness (QED) is 0.263. The van der Waals surface area contributed by atoms with Crippen molar-refractivity contribution < 1.29 is 131 Å². The van der Waals surface area contributed by atoms with Crippen LogP contribution in [0.1, 0.15) is 0 Å². The van der Waals surface area contributed by atoms with Crippen LogP contribution in [-0.2, 0) is 10.1 Å². The van der Waals surface area contributed by atoms with Crippen LogP contribution in [0.15, 0.2) is 35.2 Å². The van der Waals surface area contributed by atoms with Gasteiger partial charge < -0.3 is 5.11 Å². The number of alkyl halides is 19. The predicted molar refractivity (Wildman–Crippen MR) is 81.9 cm³/mol. The van der Waals surface area contributed by atoms with Crippen molar-refractivity contribution in [3.8, 4) is 0 Å². The van der Waals surface area contributed by atoms with Gasteiger partial charge in [0, 0.05) is 0 Å². The Kier molecular flexibility index (Phi) is 11.7. The van der Waals surface area contributed by atoms with Gasteiger partial charge in [-0.1, -0.05) is 18.2 Å². The smallest absolute Gasteiger partial charge is 0.793 e. The number of hydrogen-bond acceptors (Lipinski definition) is 3. The van der Waals surface area contributed by atoms with Crippen LogP contribution in [0.2, 0.25) is 0 Å². The van der Waals surface area contributed by atoms with Crippen molar-refractivity contribution in [1.29, 1.82) is 0 Å². The van der Waals surface area contributed by atoms with Gasteiger partial charge in [-0.3, -0.25) is 4.55 Å². The number of hydrogen-bond donors (Lipinski definition) is 1. The molecule has 25 heteroatoms. The Morgan fingerprint density at radius 3 is 0.950 bits per heavy atom. The molecule has 0 saturated carbocycles. The van der Waals surface area contributed by atoms with E-state index in [1.165, 1.54) is 12.1 Å². The Bertz CT molecular complexity index is 1040. The normalized spacial score (nSPS) is 15.1. The monoisotopic (exact) mass is 666 g/mol. The van der Waals surface area contributed by atoms with E-state index < -0.39 is 63.9 Å². The van der Waals surface area contributed by atoms with Crippen LogP contribution in [-0.4, -0.2) is 66.7 Å². The van der Waals surface area contributed by atoms with Crippen LogP contribution in [0.5, 0.6) is 0 Å². The third kappa shape index (κ3) is 6.54. The van der Waals surface area contributed by atoms with Gasteiger partial charge in [0.05, 0.1) is 4.90 Å². The van der Waals surface area contributed by atoms with E-state index in [0.29, 0.717) is 0 Å². The minimum atomic E-state index is -8.99. The summed E-state index contributed by atoms with van der Waals surface area (Å²) in [6, 6.07) is 7.42. The first-order chi connectivity index (χ1) is 16.6. The van der Waals surface area contributed by atoms with Crippen molar-refractivity contribution in [2.24, 2.45) is 0 Å². The van der Waals surface area contributed by atoms with Crippen LogP contribution in [0.3, 0.4) is 0 Å². The second-order valence-electron chi connectivity index (χ2n) is 6.82. The maximum atomic E-state index is 13.0. The summed E-state index contributed by atoms with van der Waals surface area (Å²) in [5.74, 6) is -60.9. The predicted octanol–water partition coefficient (Wildman–Crippen LogP) is 2.89. The molecule has 1 N–H and O–H groups in total. The summed E-state index contributed by atoms with van der Waals surface area (Å²) in [6.07, 6.45) is -15.6. The van der Waals surface area contributed by atoms with Gasteiger partial charge in [-0.15, -0.1) is 0 Å². The molecule has 0 aliphatic carbocycles. The molecule has 0 radical (unpaired) electrons. The second-order valence-corrected chi connectivity index (χ2v) is 8.24. The minimum Gasteiger partial charge on any atom is -0.793 e. The summed E-state index contributed by atoms with van der Waals surface area (Å²) in [6.45, 7) is 0. The van der Waals surface area contributed by atoms with E-state index in [1.807, 2.05) is 0 Å². The van der Waals surface area contributed by atoms with Gasteiger partial charge in [-0.2, -0.15) is 83.1 Å². The van der Waals surface area contributed by atoms with E-state index in [0.717, 1.165) is 0 Å². The van der Waals surface area contributed by atoms with E-state index in [-0.39, 0.29) is 34.5 Å². The molecule has 0 aromatic heterocycles. The average molecular weight is 666 g/mol. The molecule has 1 aromatic carbocycles. The maximum absolute atomic E-state index is 13.0. The summed E-state index contributed by atoms with van der Waals surface area (Å²) in [5, 5.41) is 9.54. The van der Waals surface area contributed by atoms with Crippen LogP contribution >= 0.6 is 0 Å². The summed E-state index contributed by atoms with van der Waals surface area (Å²) >= 11 is 0. The van der Waals surface area contributed by atoms with Crippen molar-refractivity contribution in [2.45, 2.75) is 58.6 Å². The van der Waals surface area contributed by atoms with Gasteiger partial charge in [0.15, 0.2) is 0 Å². The fourth-order valence-electron chi connectivity index (χ4n) is 1.94. The standard InChI is InChI=1S/C9F19O.C6H6O3S.Na/c10-1(11,2(12,13)4(16,17)6(20,21)8(24,25)26)3(14,15)5(18,19)7(22,23)9(27,28)29;7-10(8,9)6-4-2-1-3-5-6;/h;1-5H,(H,7,8,9);/q-1;;+1. The van der Waals surface area contributed by atoms with E-state index in [1.54, 1.807) is 18.2 Å². The van der Waals surface area contributed by atoms with E-state index in [2.05, 4.69) is 0 Å². The second kappa shape index (κ2) is 11.4. The molecular weight excluding hydrogens is 660 g/mol. The fraction of sp³-hybridized carbons (Fsp3) is 0.600. The molecule has 40 heavy (non-hydrogen) atoms. The molecule has 0 spiro atoms. The Morgan fingerprint density at radius 1 is 0.500 bits per heavy atom. The van der Waals surface area contributed by atoms with Gasteiger partial charge in [-0.25, -0.2) is 8.78 Å². The fourth-order valence-corrected chi connectivity index (χ4v) is 2.44. The first-order valence-electron chi connectivity index (χ1n) is 8.43. The Morgan fingerprint density at radius 2 is 0.750 bits per heavy atom. The molecule has 230 valence electrons. The molecule has 4 nitrogen and oxygen atoms in total. The van der Waals surface area contributed by atoms with Crippen molar-refractivity contribution in [1.82, 2.24) is 0 Å². The van der Waals surface area contributed by atoms with Gasteiger partial charge in [-0.05, 0) is 12.1 Å². The summed E-state index contributed by atoms with van der Waals surface area (Å²) in [5.41, 5.74) is 0. The van der Waals surface area contributed by atoms with Crippen LogP contribution in [0.25, 0.3) is 0 Å². The zero-order valence-electron chi connectivity index (χ0n) is 18.1. The number of halogens is 19. The van der Waals surface area contributed by atoms with Crippen LogP contribution < -0.4 is 34.7 Å². The SMILES string of the molecule is O=S(=O)(O)c1ccccc1.[Na+].[O-]C(F)(F)C(F)(F)C(F)(F)C(F)(F)C(F)(F)C(F)(F)C(F)(F)C(F)(F)C(F)(F)F. The topological polar surface area (TPSA) is 77.4 Å². The number of benzene rings is 1. The summed E-state index contributed by atoms with van der Waals surface area (Å²) in [4.78, 5) is -0.0741. The largest absolute Gasteiger partial charge is 1.00 e. The molecule has 0 bridgehead atoms. The number of rotatable bonds is 8. The first-order valence-corrected chi connectivity index (χ1v) is 9.87. The zero-order valence-corrected chi connectivity index (χ0v) is 21.0. The van der Waals surface area contributed by atoms with E-state index >= 15 is 0 Å². The Hall–Kier alpha value is -1.24. The molecule has 0 unspecified atom stereocenters. The molecular formula is C15H6F19NaO4S. The van der Waals surface area contributed by atoms with Crippen LogP contribution in [0.4, 0.5) is 83.4 Å². The van der Waals surface area contributed by atoms with Gasteiger partial charge in [0.25, 0.3) is 16.2 Å². The molecule has 0 saturated heterocycles.